The van der Waals surface area contributed by atoms with Crippen LogP contribution in [0.5, 0.6) is 0 Å². The fourth-order valence-corrected chi connectivity index (χ4v) is 3.44. The molecule has 0 fully saturated rings. The zero-order valence-corrected chi connectivity index (χ0v) is 16.2. The van der Waals surface area contributed by atoms with Crippen molar-refractivity contribution in [3.63, 3.8) is 0 Å². The molecule has 0 aliphatic carbocycles. The van der Waals surface area contributed by atoms with Gasteiger partial charge in [-0.1, -0.05) is 24.8 Å². The molecule has 1 aliphatic heterocycles. The van der Waals surface area contributed by atoms with Gasteiger partial charge in [0, 0.05) is 29.6 Å². The standard InChI is InChI=1S/C22H17F3N4O2/c1-2-19(30)27-15-4-3-5-16(11-15)29-12-18(20(28-29)22(23,24)25)13-6-7-17-14(10-13)8-9-26-21(17)31/h2-7,10-12H,1,8-9H2,(H,26,31)(H,27,30). The number of anilines is 1. The molecule has 2 heterocycles. The number of hydrogen-bond donors (Lipinski definition) is 2. The van der Waals surface area contributed by atoms with Crippen LogP contribution in [0.15, 0.2) is 61.3 Å². The van der Waals surface area contributed by atoms with Gasteiger partial charge in [0.15, 0.2) is 5.69 Å². The third kappa shape index (κ3) is 4.07. The Morgan fingerprint density at radius 1 is 1.19 bits per heavy atom. The second-order valence-corrected chi connectivity index (χ2v) is 6.96. The summed E-state index contributed by atoms with van der Waals surface area (Å²) in [4.78, 5) is 23.5. The summed E-state index contributed by atoms with van der Waals surface area (Å²) in [6.07, 6.45) is -1.75. The van der Waals surface area contributed by atoms with E-state index in [1.54, 1.807) is 24.3 Å². The van der Waals surface area contributed by atoms with E-state index in [-0.39, 0.29) is 11.5 Å². The Morgan fingerprint density at radius 2 is 2.00 bits per heavy atom. The molecule has 1 aliphatic rings. The van der Waals surface area contributed by atoms with Crippen molar-refractivity contribution >= 4 is 17.5 Å². The first-order valence-electron chi connectivity index (χ1n) is 9.38. The quantitative estimate of drug-likeness (QED) is 0.620. The minimum atomic E-state index is -4.68. The number of amides is 2. The first-order valence-corrected chi connectivity index (χ1v) is 9.38. The van der Waals surface area contributed by atoms with Gasteiger partial charge in [-0.3, -0.25) is 9.59 Å². The van der Waals surface area contributed by atoms with E-state index in [4.69, 9.17) is 0 Å². The Balaban J connectivity index is 1.79. The number of benzene rings is 2. The molecule has 9 heteroatoms. The molecule has 3 aromatic rings. The van der Waals surface area contributed by atoms with Gasteiger partial charge in [-0.05, 0) is 47.9 Å². The third-order valence-corrected chi connectivity index (χ3v) is 4.89. The van der Waals surface area contributed by atoms with Gasteiger partial charge in [-0.15, -0.1) is 0 Å². The van der Waals surface area contributed by atoms with Crippen molar-refractivity contribution in [2.75, 3.05) is 11.9 Å². The molecular formula is C22H17F3N4O2. The molecule has 1 aromatic heterocycles. The van der Waals surface area contributed by atoms with Crippen LogP contribution in [0, 0.1) is 0 Å². The van der Waals surface area contributed by atoms with Crippen LogP contribution >= 0.6 is 0 Å². The van der Waals surface area contributed by atoms with Crippen molar-refractivity contribution in [3.8, 4) is 16.8 Å². The average molecular weight is 426 g/mol. The van der Waals surface area contributed by atoms with Gasteiger partial charge in [0.05, 0.1) is 5.69 Å². The lowest BCUT2D eigenvalue weighted by atomic mass is 9.95. The van der Waals surface area contributed by atoms with Crippen molar-refractivity contribution in [2.24, 2.45) is 0 Å². The summed E-state index contributed by atoms with van der Waals surface area (Å²) >= 11 is 0. The highest BCUT2D eigenvalue weighted by atomic mass is 19.4. The molecule has 0 saturated heterocycles. The molecule has 0 bridgehead atoms. The van der Waals surface area contributed by atoms with Crippen LogP contribution in [0.2, 0.25) is 0 Å². The van der Waals surface area contributed by atoms with E-state index in [0.717, 1.165) is 10.8 Å². The summed E-state index contributed by atoms with van der Waals surface area (Å²) in [5.74, 6) is -0.676. The monoisotopic (exact) mass is 426 g/mol. The molecule has 0 radical (unpaired) electrons. The highest BCUT2D eigenvalue weighted by Crippen LogP contribution is 2.37. The average Bonchev–Trinajstić information content (AvgIpc) is 3.20. The maximum Gasteiger partial charge on any atom is 0.435 e. The molecular weight excluding hydrogens is 409 g/mol. The zero-order valence-electron chi connectivity index (χ0n) is 16.2. The predicted molar refractivity (Wildman–Crippen MR) is 109 cm³/mol. The Bertz CT molecular complexity index is 1200. The van der Waals surface area contributed by atoms with Gasteiger partial charge in [0.2, 0.25) is 5.91 Å². The van der Waals surface area contributed by atoms with Crippen molar-refractivity contribution in [2.45, 2.75) is 12.6 Å². The molecule has 0 unspecified atom stereocenters. The van der Waals surface area contributed by atoms with E-state index < -0.39 is 17.8 Å². The predicted octanol–water partition coefficient (Wildman–Crippen LogP) is 3.97. The number of hydrogen-bond acceptors (Lipinski definition) is 3. The van der Waals surface area contributed by atoms with Crippen LogP contribution in [0.1, 0.15) is 21.6 Å². The maximum absolute atomic E-state index is 13.8. The van der Waals surface area contributed by atoms with Crippen LogP contribution in [-0.2, 0) is 17.4 Å². The van der Waals surface area contributed by atoms with Gasteiger partial charge in [-0.25, -0.2) is 4.68 Å². The van der Waals surface area contributed by atoms with Crippen molar-refractivity contribution in [3.05, 3.63) is 78.1 Å². The first kappa shape index (κ1) is 20.4. The van der Waals surface area contributed by atoms with Gasteiger partial charge >= 0.3 is 6.18 Å². The van der Waals surface area contributed by atoms with Crippen molar-refractivity contribution in [1.82, 2.24) is 15.1 Å². The van der Waals surface area contributed by atoms with Crippen molar-refractivity contribution < 1.29 is 22.8 Å². The highest BCUT2D eigenvalue weighted by Gasteiger charge is 2.38. The van der Waals surface area contributed by atoms with E-state index in [2.05, 4.69) is 22.3 Å². The number of nitrogens with zero attached hydrogens (tertiary/aromatic N) is 2. The Labute approximate surface area is 175 Å². The van der Waals surface area contributed by atoms with Gasteiger partial charge in [0.25, 0.3) is 5.91 Å². The summed E-state index contributed by atoms with van der Waals surface area (Å²) in [6.45, 7) is 3.80. The van der Waals surface area contributed by atoms with E-state index in [0.29, 0.717) is 41.0 Å². The van der Waals surface area contributed by atoms with E-state index in [9.17, 15) is 22.8 Å². The normalized spacial score (nSPS) is 13.3. The van der Waals surface area contributed by atoms with Crippen LogP contribution < -0.4 is 10.6 Å². The third-order valence-electron chi connectivity index (χ3n) is 4.89. The molecule has 2 N–H and O–H groups in total. The summed E-state index contributed by atoms with van der Waals surface area (Å²) < 4.78 is 42.4. The molecule has 0 spiro atoms. The molecule has 2 amide bonds. The Hall–Kier alpha value is -3.88. The molecule has 4 rings (SSSR count). The van der Waals surface area contributed by atoms with Crippen LogP contribution in [-0.4, -0.2) is 28.1 Å². The number of rotatable bonds is 4. The van der Waals surface area contributed by atoms with Gasteiger partial charge in [-0.2, -0.15) is 18.3 Å². The van der Waals surface area contributed by atoms with Crippen molar-refractivity contribution in [1.29, 1.82) is 0 Å². The largest absolute Gasteiger partial charge is 0.435 e. The van der Waals surface area contributed by atoms with Crippen LogP contribution in [0.4, 0.5) is 18.9 Å². The van der Waals surface area contributed by atoms with E-state index in [1.165, 1.54) is 24.4 Å². The number of carbonyl (C=O) groups excluding carboxylic acids is 2. The summed E-state index contributed by atoms with van der Waals surface area (Å²) in [6, 6.07) is 10.9. The highest BCUT2D eigenvalue weighted by molar-refractivity contribution is 5.99. The number of alkyl halides is 3. The molecule has 2 aromatic carbocycles. The molecule has 0 atom stereocenters. The first-order chi connectivity index (χ1) is 14.8. The summed E-state index contributed by atoms with van der Waals surface area (Å²) in [5, 5.41) is 9.05. The fourth-order valence-electron chi connectivity index (χ4n) is 3.44. The lowest BCUT2D eigenvalue weighted by Crippen LogP contribution is -2.31. The number of aromatic nitrogens is 2. The lowest BCUT2D eigenvalue weighted by molar-refractivity contribution is -0.140. The second-order valence-electron chi connectivity index (χ2n) is 6.96. The molecule has 158 valence electrons. The van der Waals surface area contributed by atoms with E-state index >= 15 is 0 Å². The number of fused-ring (bicyclic) bond motifs is 1. The summed E-state index contributed by atoms with van der Waals surface area (Å²) in [5.41, 5.74) is 1.08. The minimum absolute atomic E-state index is 0.0955. The second kappa shape index (κ2) is 7.75. The molecule has 6 nitrogen and oxygen atoms in total. The fraction of sp³-hybridized carbons (Fsp3) is 0.136. The smallest absolute Gasteiger partial charge is 0.352 e. The zero-order chi connectivity index (χ0) is 22.2. The van der Waals surface area contributed by atoms with Gasteiger partial charge in [0.1, 0.15) is 0 Å². The van der Waals surface area contributed by atoms with Crippen LogP contribution in [0.3, 0.4) is 0 Å². The molecule has 0 saturated carbocycles. The van der Waals surface area contributed by atoms with Crippen LogP contribution in [0.25, 0.3) is 16.8 Å². The number of carbonyl (C=O) groups is 2. The van der Waals surface area contributed by atoms with E-state index in [1.807, 2.05) is 0 Å². The minimum Gasteiger partial charge on any atom is -0.352 e. The SMILES string of the molecule is C=CC(=O)Nc1cccc(-n2cc(-c3ccc4c(c3)CCNC4=O)c(C(F)(F)F)n2)c1. The Morgan fingerprint density at radius 3 is 2.74 bits per heavy atom. The topological polar surface area (TPSA) is 76.0 Å². The Kier molecular flexibility index (Phi) is 5.10. The number of nitrogens with one attached hydrogen (secondary N) is 2. The number of halogens is 3. The van der Waals surface area contributed by atoms with Gasteiger partial charge < -0.3 is 10.6 Å². The maximum atomic E-state index is 13.8. The molecule has 31 heavy (non-hydrogen) atoms. The summed E-state index contributed by atoms with van der Waals surface area (Å²) in [7, 11) is 0. The lowest BCUT2D eigenvalue weighted by Gasteiger charge is -2.17.